The van der Waals surface area contributed by atoms with E-state index in [0.29, 0.717) is 12.1 Å². The molecule has 2 rings (SSSR count). The SMILES string of the molecule is CC(C(=O)O)N1CCCc2ccccc2C1=O. The van der Waals surface area contributed by atoms with Gasteiger partial charge in [0.05, 0.1) is 0 Å². The van der Waals surface area contributed by atoms with Crippen molar-refractivity contribution >= 4 is 11.9 Å². The maximum Gasteiger partial charge on any atom is 0.326 e. The van der Waals surface area contributed by atoms with E-state index in [0.717, 1.165) is 18.4 Å². The van der Waals surface area contributed by atoms with Gasteiger partial charge in [-0.15, -0.1) is 0 Å². The van der Waals surface area contributed by atoms with E-state index in [1.54, 1.807) is 13.0 Å². The molecule has 1 amide bonds. The summed E-state index contributed by atoms with van der Waals surface area (Å²) in [7, 11) is 0. The van der Waals surface area contributed by atoms with Crippen LogP contribution in [0.25, 0.3) is 0 Å². The highest BCUT2D eigenvalue weighted by Crippen LogP contribution is 2.20. The number of aliphatic carboxylic acids is 1. The molecule has 0 aliphatic carbocycles. The fraction of sp³-hybridized carbons (Fsp3) is 0.385. The summed E-state index contributed by atoms with van der Waals surface area (Å²) in [5, 5.41) is 9.00. The molecule has 0 saturated heterocycles. The molecule has 0 bridgehead atoms. The van der Waals surface area contributed by atoms with E-state index >= 15 is 0 Å². The Morgan fingerprint density at radius 1 is 1.41 bits per heavy atom. The minimum absolute atomic E-state index is 0.173. The third-order valence-corrected chi connectivity index (χ3v) is 3.18. The molecule has 1 aliphatic heterocycles. The minimum atomic E-state index is -0.960. The summed E-state index contributed by atoms with van der Waals surface area (Å²) < 4.78 is 0. The molecular weight excluding hydrogens is 218 g/mol. The highest BCUT2D eigenvalue weighted by atomic mass is 16.4. The van der Waals surface area contributed by atoms with Crippen LogP contribution in [0.3, 0.4) is 0 Å². The van der Waals surface area contributed by atoms with Crippen LogP contribution in [0.2, 0.25) is 0 Å². The number of carboxylic acids is 1. The Labute approximate surface area is 99.9 Å². The van der Waals surface area contributed by atoms with Gasteiger partial charge in [-0.05, 0) is 31.4 Å². The molecule has 1 atom stereocenters. The third-order valence-electron chi connectivity index (χ3n) is 3.18. The van der Waals surface area contributed by atoms with Gasteiger partial charge in [-0.3, -0.25) is 4.79 Å². The van der Waals surface area contributed by atoms with E-state index in [-0.39, 0.29) is 5.91 Å². The maximum absolute atomic E-state index is 12.2. The van der Waals surface area contributed by atoms with E-state index in [9.17, 15) is 9.59 Å². The molecule has 1 aromatic carbocycles. The monoisotopic (exact) mass is 233 g/mol. The summed E-state index contributed by atoms with van der Waals surface area (Å²) in [6, 6.07) is 6.65. The van der Waals surface area contributed by atoms with Crippen molar-refractivity contribution in [3.63, 3.8) is 0 Å². The van der Waals surface area contributed by atoms with Crippen molar-refractivity contribution in [2.24, 2.45) is 0 Å². The number of hydrogen-bond donors (Lipinski definition) is 1. The first kappa shape index (κ1) is 11.6. The van der Waals surface area contributed by atoms with Crippen LogP contribution < -0.4 is 0 Å². The highest BCUT2D eigenvalue weighted by molar-refractivity contribution is 5.98. The molecule has 1 aliphatic rings. The summed E-state index contributed by atoms with van der Waals surface area (Å²) >= 11 is 0. The number of rotatable bonds is 2. The normalized spacial score (nSPS) is 17.2. The summed E-state index contributed by atoms with van der Waals surface area (Å²) in [4.78, 5) is 24.7. The fourth-order valence-corrected chi connectivity index (χ4v) is 2.15. The molecule has 90 valence electrons. The molecule has 0 aromatic heterocycles. The van der Waals surface area contributed by atoms with Crippen molar-refractivity contribution in [3.8, 4) is 0 Å². The van der Waals surface area contributed by atoms with Gasteiger partial charge in [0.15, 0.2) is 0 Å². The molecule has 1 heterocycles. The van der Waals surface area contributed by atoms with Crippen molar-refractivity contribution in [1.29, 1.82) is 0 Å². The first-order valence-corrected chi connectivity index (χ1v) is 5.73. The average molecular weight is 233 g/mol. The van der Waals surface area contributed by atoms with Crippen LogP contribution in [0.15, 0.2) is 24.3 Å². The zero-order valence-electron chi connectivity index (χ0n) is 9.72. The van der Waals surface area contributed by atoms with Crippen molar-refractivity contribution in [1.82, 2.24) is 4.90 Å². The number of fused-ring (bicyclic) bond motifs is 1. The van der Waals surface area contributed by atoms with Crippen molar-refractivity contribution in [3.05, 3.63) is 35.4 Å². The van der Waals surface area contributed by atoms with Crippen LogP contribution >= 0.6 is 0 Å². The number of carbonyl (C=O) groups is 2. The second-order valence-corrected chi connectivity index (χ2v) is 4.27. The lowest BCUT2D eigenvalue weighted by Gasteiger charge is -2.24. The van der Waals surface area contributed by atoms with Gasteiger partial charge in [0.25, 0.3) is 5.91 Å². The summed E-state index contributed by atoms with van der Waals surface area (Å²) in [6.45, 7) is 2.05. The zero-order chi connectivity index (χ0) is 12.4. The summed E-state index contributed by atoms with van der Waals surface area (Å²) in [6.07, 6.45) is 1.63. The molecule has 1 unspecified atom stereocenters. The molecule has 4 heteroatoms. The van der Waals surface area contributed by atoms with Crippen LogP contribution in [0.4, 0.5) is 0 Å². The Morgan fingerprint density at radius 3 is 2.82 bits per heavy atom. The number of hydrogen-bond acceptors (Lipinski definition) is 2. The number of benzene rings is 1. The average Bonchev–Trinajstić information content (AvgIpc) is 2.48. The first-order chi connectivity index (χ1) is 8.11. The predicted molar refractivity (Wildman–Crippen MR) is 62.9 cm³/mol. The van der Waals surface area contributed by atoms with Crippen LogP contribution in [0.5, 0.6) is 0 Å². The largest absolute Gasteiger partial charge is 0.480 e. The molecule has 4 nitrogen and oxygen atoms in total. The number of aryl methyl sites for hydroxylation is 1. The summed E-state index contributed by atoms with van der Waals surface area (Å²) in [5.74, 6) is -1.13. The molecule has 1 aromatic rings. The number of carboxylic acid groups (broad SMARTS) is 1. The van der Waals surface area contributed by atoms with Gasteiger partial charge in [0.2, 0.25) is 0 Å². The van der Waals surface area contributed by atoms with Crippen molar-refractivity contribution in [2.45, 2.75) is 25.8 Å². The standard InChI is InChI=1S/C13H15NO3/c1-9(13(16)17)14-8-4-6-10-5-2-3-7-11(10)12(14)15/h2-3,5,7,9H,4,6,8H2,1H3,(H,16,17). The first-order valence-electron chi connectivity index (χ1n) is 5.73. The van der Waals surface area contributed by atoms with Crippen LogP contribution in [-0.2, 0) is 11.2 Å². The minimum Gasteiger partial charge on any atom is -0.480 e. The Morgan fingerprint density at radius 2 is 2.12 bits per heavy atom. The Kier molecular flexibility index (Phi) is 3.13. The van der Waals surface area contributed by atoms with Gasteiger partial charge in [-0.1, -0.05) is 18.2 Å². The third kappa shape index (κ3) is 2.16. The fourth-order valence-electron chi connectivity index (χ4n) is 2.15. The van der Waals surface area contributed by atoms with E-state index < -0.39 is 12.0 Å². The van der Waals surface area contributed by atoms with Gasteiger partial charge in [-0.25, -0.2) is 4.79 Å². The Bertz CT molecular complexity index is 456. The number of carbonyl (C=O) groups excluding carboxylic acids is 1. The van der Waals surface area contributed by atoms with Crippen LogP contribution in [-0.4, -0.2) is 34.5 Å². The van der Waals surface area contributed by atoms with Crippen LogP contribution in [0.1, 0.15) is 29.3 Å². The summed E-state index contributed by atoms with van der Waals surface area (Å²) in [5.41, 5.74) is 1.65. The molecule has 1 N–H and O–H groups in total. The van der Waals surface area contributed by atoms with Gasteiger partial charge in [0.1, 0.15) is 6.04 Å². The lowest BCUT2D eigenvalue weighted by atomic mass is 10.0. The smallest absolute Gasteiger partial charge is 0.326 e. The van der Waals surface area contributed by atoms with E-state index in [4.69, 9.17) is 5.11 Å². The van der Waals surface area contributed by atoms with Crippen molar-refractivity contribution in [2.75, 3.05) is 6.54 Å². The molecular formula is C13H15NO3. The Balaban J connectivity index is 2.35. The second-order valence-electron chi connectivity index (χ2n) is 4.27. The molecule has 0 fully saturated rings. The highest BCUT2D eigenvalue weighted by Gasteiger charge is 2.29. The van der Waals surface area contributed by atoms with Crippen LogP contribution in [0, 0.1) is 0 Å². The van der Waals surface area contributed by atoms with Gasteiger partial charge in [-0.2, -0.15) is 0 Å². The molecule has 0 spiro atoms. The Hall–Kier alpha value is -1.84. The topological polar surface area (TPSA) is 57.6 Å². The van der Waals surface area contributed by atoms with Crippen molar-refractivity contribution < 1.29 is 14.7 Å². The number of amides is 1. The predicted octanol–water partition coefficient (Wildman–Crippen LogP) is 1.55. The quantitative estimate of drug-likeness (QED) is 0.843. The van der Waals surface area contributed by atoms with Gasteiger partial charge >= 0.3 is 5.97 Å². The zero-order valence-corrected chi connectivity index (χ0v) is 9.72. The molecule has 17 heavy (non-hydrogen) atoms. The van der Waals surface area contributed by atoms with E-state index in [1.165, 1.54) is 4.90 Å². The number of nitrogens with zero attached hydrogens (tertiary/aromatic N) is 1. The van der Waals surface area contributed by atoms with Gasteiger partial charge < -0.3 is 10.0 Å². The lowest BCUT2D eigenvalue weighted by Crippen LogP contribution is -2.43. The maximum atomic E-state index is 12.2. The van der Waals surface area contributed by atoms with E-state index in [2.05, 4.69) is 0 Å². The molecule has 0 radical (unpaired) electrons. The molecule has 0 saturated carbocycles. The lowest BCUT2D eigenvalue weighted by molar-refractivity contribution is -0.141. The second kappa shape index (κ2) is 4.57. The van der Waals surface area contributed by atoms with Gasteiger partial charge in [0, 0.05) is 12.1 Å². The van der Waals surface area contributed by atoms with E-state index in [1.807, 2.05) is 18.2 Å².